The van der Waals surface area contributed by atoms with Crippen molar-refractivity contribution in [2.45, 2.75) is 6.92 Å². The molecule has 1 heterocycles. The van der Waals surface area contributed by atoms with Crippen LogP contribution in [0.1, 0.15) is 5.69 Å². The van der Waals surface area contributed by atoms with Crippen LogP contribution in [-0.4, -0.2) is 12.1 Å². The molecule has 0 fully saturated rings. The Labute approximate surface area is 97.6 Å². The molecule has 2 rings (SSSR count). The number of hydrogen-bond donors (Lipinski definition) is 1. The molecule has 4 nitrogen and oxygen atoms in total. The summed E-state index contributed by atoms with van der Waals surface area (Å²) in [5, 5.41) is 2.50. The molecule has 2 aromatic rings. The van der Waals surface area contributed by atoms with E-state index < -0.39 is 0 Å². The summed E-state index contributed by atoms with van der Waals surface area (Å²) in [5.74, 6) is 1.27. The Morgan fingerprint density at radius 3 is 2.81 bits per heavy atom. The summed E-state index contributed by atoms with van der Waals surface area (Å²) in [5.41, 5.74) is 7.29. The smallest absolute Gasteiger partial charge is 0.278 e. The van der Waals surface area contributed by atoms with Gasteiger partial charge in [0, 0.05) is 11.4 Å². The third-order valence-corrected chi connectivity index (χ3v) is 2.85. The number of aromatic nitrogens is 1. The Morgan fingerprint density at radius 2 is 2.19 bits per heavy atom. The van der Waals surface area contributed by atoms with Gasteiger partial charge in [-0.3, -0.25) is 0 Å². The van der Waals surface area contributed by atoms with Gasteiger partial charge in [0.1, 0.15) is 5.75 Å². The van der Waals surface area contributed by atoms with Gasteiger partial charge in [-0.1, -0.05) is 11.3 Å². The predicted molar refractivity (Wildman–Crippen MR) is 64.3 cm³/mol. The Kier molecular flexibility index (Phi) is 2.96. The van der Waals surface area contributed by atoms with Crippen molar-refractivity contribution in [1.82, 2.24) is 4.98 Å². The zero-order valence-corrected chi connectivity index (χ0v) is 9.88. The lowest BCUT2D eigenvalue weighted by Gasteiger charge is -2.07. The van der Waals surface area contributed by atoms with E-state index in [1.807, 2.05) is 12.3 Å². The average Bonchev–Trinajstić information content (AvgIpc) is 2.67. The van der Waals surface area contributed by atoms with Gasteiger partial charge in [0.2, 0.25) is 0 Å². The van der Waals surface area contributed by atoms with E-state index >= 15 is 0 Å². The molecule has 0 aliphatic carbocycles. The van der Waals surface area contributed by atoms with Crippen LogP contribution in [0.3, 0.4) is 0 Å². The van der Waals surface area contributed by atoms with Crippen LogP contribution in [0.2, 0.25) is 0 Å². The molecular formula is C11H12N2O2S. The van der Waals surface area contributed by atoms with E-state index in [0.29, 0.717) is 22.4 Å². The monoisotopic (exact) mass is 236 g/mol. The third-order valence-electron chi connectivity index (χ3n) is 2.02. The van der Waals surface area contributed by atoms with Crippen LogP contribution in [0.5, 0.6) is 16.7 Å². The van der Waals surface area contributed by atoms with Crippen molar-refractivity contribution in [2.24, 2.45) is 0 Å². The minimum Gasteiger partial charge on any atom is -0.497 e. The Bertz CT molecular complexity index is 496. The molecule has 0 bridgehead atoms. The number of nitrogens with zero attached hydrogens (tertiary/aromatic N) is 1. The van der Waals surface area contributed by atoms with Crippen LogP contribution < -0.4 is 15.2 Å². The van der Waals surface area contributed by atoms with Gasteiger partial charge in [-0.2, -0.15) is 0 Å². The number of aryl methyl sites for hydroxylation is 1. The van der Waals surface area contributed by atoms with Gasteiger partial charge in [0.25, 0.3) is 5.19 Å². The molecule has 0 saturated heterocycles. The molecule has 1 aromatic heterocycles. The fourth-order valence-corrected chi connectivity index (χ4v) is 1.86. The maximum absolute atomic E-state index is 5.80. The maximum Gasteiger partial charge on any atom is 0.278 e. The van der Waals surface area contributed by atoms with Crippen LogP contribution >= 0.6 is 11.3 Å². The number of rotatable bonds is 3. The van der Waals surface area contributed by atoms with Gasteiger partial charge in [0.15, 0.2) is 5.75 Å². The molecule has 0 aliphatic rings. The van der Waals surface area contributed by atoms with Crippen molar-refractivity contribution < 1.29 is 9.47 Å². The van der Waals surface area contributed by atoms with Gasteiger partial charge in [-0.05, 0) is 19.1 Å². The number of hydrogen-bond acceptors (Lipinski definition) is 5. The Hall–Kier alpha value is -1.75. The second kappa shape index (κ2) is 4.40. The van der Waals surface area contributed by atoms with Gasteiger partial charge >= 0.3 is 0 Å². The van der Waals surface area contributed by atoms with E-state index in [2.05, 4.69) is 4.98 Å². The average molecular weight is 236 g/mol. The molecule has 0 saturated carbocycles. The first kappa shape index (κ1) is 10.8. The van der Waals surface area contributed by atoms with Gasteiger partial charge < -0.3 is 15.2 Å². The molecule has 2 N–H and O–H groups in total. The summed E-state index contributed by atoms with van der Waals surface area (Å²) in [6.45, 7) is 1.91. The number of ether oxygens (including phenoxy) is 2. The predicted octanol–water partition coefficient (Wildman–Crippen LogP) is 2.83. The Morgan fingerprint density at radius 1 is 1.38 bits per heavy atom. The van der Waals surface area contributed by atoms with E-state index in [0.717, 1.165) is 5.69 Å². The molecule has 0 radical (unpaired) electrons. The van der Waals surface area contributed by atoms with Crippen molar-refractivity contribution in [3.8, 4) is 16.7 Å². The van der Waals surface area contributed by atoms with E-state index in [9.17, 15) is 0 Å². The standard InChI is InChI=1S/C11H12N2O2S/c1-7-6-16-11(13-7)15-10-5-8(14-2)3-4-9(10)12/h3-6H,12H2,1-2H3. The molecular weight excluding hydrogens is 224 g/mol. The zero-order chi connectivity index (χ0) is 11.5. The highest BCUT2D eigenvalue weighted by atomic mass is 32.1. The number of anilines is 1. The van der Waals surface area contributed by atoms with E-state index in [1.165, 1.54) is 11.3 Å². The molecule has 1 aromatic carbocycles. The molecule has 16 heavy (non-hydrogen) atoms. The van der Waals surface area contributed by atoms with Gasteiger partial charge in [0.05, 0.1) is 18.5 Å². The second-order valence-electron chi connectivity index (χ2n) is 3.26. The number of thiazole rings is 1. The van der Waals surface area contributed by atoms with E-state index in [1.54, 1.807) is 25.3 Å². The van der Waals surface area contributed by atoms with Crippen molar-refractivity contribution in [3.05, 3.63) is 29.3 Å². The number of nitrogens with two attached hydrogens (primary N) is 1. The fraction of sp³-hybridized carbons (Fsp3) is 0.182. The highest BCUT2D eigenvalue weighted by molar-refractivity contribution is 7.11. The van der Waals surface area contributed by atoms with Crippen molar-refractivity contribution >= 4 is 17.0 Å². The molecule has 5 heteroatoms. The summed E-state index contributed by atoms with van der Waals surface area (Å²) in [7, 11) is 1.60. The SMILES string of the molecule is COc1ccc(N)c(Oc2nc(C)cs2)c1. The first-order valence-electron chi connectivity index (χ1n) is 4.72. The zero-order valence-electron chi connectivity index (χ0n) is 9.06. The number of benzene rings is 1. The lowest BCUT2D eigenvalue weighted by molar-refractivity contribution is 0.409. The molecule has 0 unspecified atom stereocenters. The van der Waals surface area contributed by atoms with Crippen LogP contribution in [0.25, 0.3) is 0 Å². The van der Waals surface area contributed by atoms with Crippen LogP contribution in [0, 0.1) is 6.92 Å². The van der Waals surface area contributed by atoms with Crippen LogP contribution in [0.4, 0.5) is 5.69 Å². The molecule has 0 amide bonds. The van der Waals surface area contributed by atoms with Crippen LogP contribution in [0.15, 0.2) is 23.6 Å². The third kappa shape index (κ3) is 2.25. The summed E-state index contributed by atoms with van der Waals surface area (Å²) >= 11 is 1.44. The first-order valence-corrected chi connectivity index (χ1v) is 5.60. The van der Waals surface area contributed by atoms with Crippen molar-refractivity contribution in [2.75, 3.05) is 12.8 Å². The molecule has 84 valence electrons. The molecule has 0 spiro atoms. The molecule has 0 aliphatic heterocycles. The highest BCUT2D eigenvalue weighted by Crippen LogP contribution is 2.32. The second-order valence-corrected chi connectivity index (χ2v) is 4.08. The highest BCUT2D eigenvalue weighted by Gasteiger charge is 2.06. The summed E-state index contributed by atoms with van der Waals surface area (Å²) in [4.78, 5) is 4.20. The van der Waals surface area contributed by atoms with Crippen LogP contribution in [-0.2, 0) is 0 Å². The van der Waals surface area contributed by atoms with E-state index in [4.69, 9.17) is 15.2 Å². The largest absolute Gasteiger partial charge is 0.497 e. The quantitative estimate of drug-likeness (QED) is 0.832. The first-order chi connectivity index (χ1) is 7.69. The van der Waals surface area contributed by atoms with Crippen molar-refractivity contribution in [1.29, 1.82) is 0 Å². The minimum absolute atomic E-state index is 0.564. The Balaban J connectivity index is 2.26. The van der Waals surface area contributed by atoms with Gasteiger partial charge in [-0.15, -0.1) is 0 Å². The summed E-state index contributed by atoms with van der Waals surface area (Å²) in [6.07, 6.45) is 0. The topological polar surface area (TPSA) is 57.4 Å². The number of nitrogen functional groups attached to an aromatic ring is 1. The number of methoxy groups -OCH3 is 1. The summed E-state index contributed by atoms with van der Waals surface area (Å²) < 4.78 is 10.7. The normalized spacial score (nSPS) is 10.1. The lowest BCUT2D eigenvalue weighted by atomic mass is 10.3. The fourth-order valence-electron chi connectivity index (χ4n) is 1.20. The van der Waals surface area contributed by atoms with Gasteiger partial charge in [-0.25, -0.2) is 4.98 Å². The minimum atomic E-state index is 0.564. The summed E-state index contributed by atoms with van der Waals surface area (Å²) in [6, 6.07) is 5.27. The van der Waals surface area contributed by atoms with E-state index in [-0.39, 0.29) is 0 Å². The van der Waals surface area contributed by atoms with Crippen molar-refractivity contribution in [3.63, 3.8) is 0 Å². The molecule has 0 atom stereocenters. The lowest BCUT2D eigenvalue weighted by Crippen LogP contribution is -1.93. The maximum atomic E-state index is 5.80.